The molecule has 0 aromatic carbocycles. The van der Waals surface area contributed by atoms with Crippen LogP contribution in [-0.2, 0) is 17.8 Å². The van der Waals surface area contributed by atoms with Gasteiger partial charge in [-0.1, -0.05) is 0 Å². The van der Waals surface area contributed by atoms with E-state index in [-0.39, 0.29) is 5.91 Å². The summed E-state index contributed by atoms with van der Waals surface area (Å²) in [7, 11) is 3.56. The zero-order chi connectivity index (χ0) is 15.2. The Hall–Kier alpha value is -0.980. The van der Waals surface area contributed by atoms with Gasteiger partial charge in [-0.15, -0.1) is 11.3 Å². The Kier molecular flexibility index (Phi) is 6.14. The summed E-state index contributed by atoms with van der Waals surface area (Å²) < 4.78 is 0. The third-order valence-corrected chi connectivity index (χ3v) is 4.97. The molecule has 5 nitrogen and oxygen atoms in total. The minimum Gasteiger partial charge on any atom is -0.348 e. The summed E-state index contributed by atoms with van der Waals surface area (Å²) in [6.07, 6.45) is 4.05. The van der Waals surface area contributed by atoms with Crippen LogP contribution in [0.2, 0.25) is 0 Å². The average molecular weight is 310 g/mol. The van der Waals surface area contributed by atoms with E-state index in [2.05, 4.69) is 15.3 Å². The molecule has 0 bridgehead atoms. The van der Waals surface area contributed by atoms with E-state index in [0.717, 1.165) is 49.2 Å². The first-order valence-corrected chi connectivity index (χ1v) is 8.52. The van der Waals surface area contributed by atoms with Crippen LogP contribution in [-0.4, -0.2) is 54.4 Å². The normalized spacial score (nSPS) is 17.1. The van der Waals surface area contributed by atoms with Crippen LogP contribution in [0.3, 0.4) is 0 Å². The number of nitrogens with zero attached hydrogens (tertiary/aromatic N) is 3. The number of aromatic nitrogens is 1. The van der Waals surface area contributed by atoms with Crippen LogP contribution in [0.25, 0.3) is 0 Å². The van der Waals surface area contributed by atoms with Crippen LogP contribution in [0.4, 0.5) is 0 Å². The van der Waals surface area contributed by atoms with Crippen molar-refractivity contribution in [2.75, 3.05) is 33.7 Å². The molecule has 1 saturated heterocycles. The van der Waals surface area contributed by atoms with Gasteiger partial charge in [-0.25, -0.2) is 4.98 Å². The summed E-state index contributed by atoms with van der Waals surface area (Å²) in [5.41, 5.74) is 6.72. The lowest BCUT2D eigenvalue weighted by atomic mass is 9.93. The van der Waals surface area contributed by atoms with Crippen LogP contribution in [0.1, 0.15) is 30.0 Å². The standard InChI is InChI=1S/C15H26N4OS/c1-18(2)15(20)9-14-17-13(11-21-14)10-19-7-4-12(3-6-16)5-8-19/h11-12H,3-10,16H2,1-2H3. The predicted molar refractivity (Wildman–Crippen MR) is 86.2 cm³/mol. The van der Waals surface area contributed by atoms with Gasteiger partial charge >= 0.3 is 0 Å². The van der Waals surface area contributed by atoms with Crippen molar-refractivity contribution in [3.63, 3.8) is 0 Å². The number of hydrogen-bond acceptors (Lipinski definition) is 5. The highest BCUT2D eigenvalue weighted by Crippen LogP contribution is 2.22. The van der Waals surface area contributed by atoms with Crippen LogP contribution in [0.15, 0.2) is 5.38 Å². The number of hydrogen-bond donors (Lipinski definition) is 1. The molecule has 2 heterocycles. The van der Waals surface area contributed by atoms with Crippen molar-refractivity contribution in [1.29, 1.82) is 0 Å². The summed E-state index contributed by atoms with van der Waals surface area (Å²) in [4.78, 5) is 20.3. The molecule has 1 aliphatic rings. The van der Waals surface area contributed by atoms with Gasteiger partial charge in [0.15, 0.2) is 0 Å². The smallest absolute Gasteiger partial charge is 0.228 e. The fourth-order valence-electron chi connectivity index (χ4n) is 2.69. The van der Waals surface area contributed by atoms with Crippen molar-refractivity contribution in [1.82, 2.24) is 14.8 Å². The lowest BCUT2D eigenvalue weighted by Gasteiger charge is -2.31. The number of amides is 1. The first-order valence-electron chi connectivity index (χ1n) is 7.64. The molecule has 118 valence electrons. The lowest BCUT2D eigenvalue weighted by molar-refractivity contribution is -0.127. The van der Waals surface area contributed by atoms with Crippen molar-refractivity contribution < 1.29 is 4.79 Å². The maximum absolute atomic E-state index is 11.7. The summed E-state index contributed by atoms with van der Waals surface area (Å²) in [6, 6.07) is 0. The molecule has 21 heavy (non-hydrogen) atoms. The topological polar surface area (TPSA) is 62.5 Å². The summed E-state index contributed by atoms with van der Waals surface area (Å²) >= 11 is 1.59. The van der Waals surface area contributed by atoms with Crippen molar-refractivity contribution in [2.24, 2.45) is 11.7 Å². The van der Waals surface area contributed by atoms with Gasteiger partial charge in [0.05, 0.1) is 12.1 Å². The maximum Gasteiger partial charge on any atom is 0.228 e. The number of rotatable bonds is 6. The summed E-state index contributed by atoms with van der Waals surface area (Å²) in [5, 5.41) is 3.01. The highest BCUT2D eigenvalue weighted by Gasteiger charge is 2.19. The molecule has 6 heteroatoms. The van der Waals surface area contributed by atoms with Crippen LogP contribution >= 0.6 is 11.3 Å². The fourth-order valence-corrected chi connectivity index (χ4v) is 3.46. The first kappa shape index (κ1) is 16.4. The molecule has 1 fully saturated rings. The molecule has 0 radical (unpaired) electrons. The number of likely N-dealkylation sites (tertiary alicyclic amines) is 1. The Labute approximate surface area is 131 Å². The molecular weight excluding hydrogens is 284 g/mol. The molecule has 0 unspecified atom stereocenters. The Balaban J connectivity index is 1.79. The molecule has 1 aromatic rings. The van der Waals surface area contributed by atoms with E-state index >= 15 is 0 Å². The molecule has 2 N–H and O–H groups in total. The summed E-state index contributed by atoms with van der Waals surface area (Å²) in [6.45, 7) is 3.98. The highest BCUT2D eigenvalue weighted by molar-refractivity contribution is 7.09. The number of thiazole rings is 1. The summed E-state index contributed by atoms with van der Waals surface area (Å²) in [5.74, 6) is 0.911. The third kappa shape index (κ3) is 5.05. The van der Waals surface area contributed by atoms with Gasteiger partial charge in [-0.2, -0.15) is 0 Å². The molecule has 1 aliphatic heterocycles. The van der Waals surface area contributed by atoms with E-state index in [1.165, 1.54) is 12.8 Å². The van der Waals surface area contributed by atoms with Crippen molar-refractivity contribution in [3.8, 4) is 0 Å². The molecule has 0 aliphatic carbocycles. The van der Waals surface area contributed by atoms with E-state index in [9.17, 15) is 4.79 Å². The zero-order valence-electron chi connectivity index (χ0n) is 13.0. The number of likely N-dealkylation sites (N-methyl/N-ethyl adjacent to an activating group) is 1. The molecule has 1 aromatic heterocycles. The quantitative estimate of drug-likeness (QED) is 0.861. The largest absolute Gasteiger partial charge is 0.348 e. The van der Waals surface area contributed by atoms with E-state index in [1.807, 2.05) is 0 Å². The molecular formula is C15H26N4OS. The monoisotopic (exact) mass is 310 g/mol. The highest BCUT2D eigenvalue weighted by atomic mass is 32.1. The van der Waals surface area contributed by atoms with E-state index in [1.54, 1.807) is 30.3 Å². The molecule has 0 saturated carbocycles. The van der Waals surface area contributed by atoms with Gasteiger partial charge in [0.25, 0.3) is 0 Å². The van der Waals surface area contributed by atoms with Gasteiger partial charge in [-0.05, 0) is 44.8 Å². The van der Waals surface area contributed by atoms with E-state index < -0.39 is 0 Å². The Bertz CT molecular complexity index is 452. The van der Waals surface area contributed by atoms with Crippen molar-refractivity contribution in [3.05, 3.63) is 16.1 Å². The third-order valence-electron chi connectivity index (χ3n) is 4.07. The Morgan fingerprint density at radius 3 is 2.81 bits per heavy atom. The number of carbonyl (C=O) groups is 1. The Morgan fingerprint density at radius 1 is 1.48 bits per heavy atom. The van der Waals surface area contributed by atoms with Crippen LogP contribution in [0, 0.1) is 5.92 Å². The van der Waals surface area contributed by atoms with Crippen molar-refractivity contribution >= 4 is 17.2 Å². The number of piperidine rings is 1. The second-order valence-corrected chi connectivity index (χ2v) is 6.94. The Morgan fingerprint density at radius 2 is 2.19 bits per heavy atom. The van der Waals surface area contributed by atoms with Crippen molar-refractivity contribution in [2.45, 2.75) is 32.2 Å². The van der Waals surface area contributed by atoms with Gasteiger partial charge in [0.2, 0.25) is 5.91 Å². The number of nitrogens with two attached hydrogens (primary N) is 1. The van der Waals surface area contributed by atoms with Gasteiger partial charge in [0.1, 0.15) is 5.01 Å². The van der Waals surface area contributed by atoms with E-state index in [0.29, 0.717) is 6.42 Å². The molecule has 0 spiro atoms. The van der Waals surface area contributed by atoms with Gasteiger partial charge < -0.3 is 10.6 Å². The number of carbonyl (C=O) groups excluding carboxylic acids is 1. The molecule has 2 rings (SSSR count). The predicted octanol–water partition coefficient (Wildman–Crippen LogP) is 1.33. The first-order chi connectivity index (χ1) is 10.1. The average Bonchev–Trinajstić information content (AvgIpc) is 2.88. The minimum absolute atomic E-state index is 0.110. The zero-order valence-corrected chi connectivity index (χ0v) is 13.9. The van der Waals surface area contributed by atoms with Gasteiger partial charge in [-0.3, -0.25) is 9.69 Å². The minimum atomic E-state index is 0.110. The molecule has 0 atom stereocenters. The lowest BCUT2D eigenvalue weighted by Crippen LogP contribution is -2.34. The van der Waals surface area contributed by atoms with Gasteiger partial charge in [0, 0.05) is 26.0 Å². The van der Waals surface area contributed by atoms with E-state index in [4.69, 9.17) is 5.73 Å². The second-order valence-electron chi connectivity index (χ2n) is 5.99. The SMILES string of the molecule is CN(C)C(=O)Cc1nc(CN2CCC(CCN)CC2)cs1. The molecule has 1 amide bonds. The fraction of sp³-hybridized carbons (Fsp3) is 0.733. The maximum atomic E-state index is 11.7. The van der Waals surface area contributed by atoms with Crippen LogP contribution < -0.4 is 5.73 Å². The van der Waals surface area contributed by atoms with Crippen LogP contribution in [0.5, 0.6) is 0 Å². The second kappa shape index (κ2) is 7.87.